The van der Waals surface area contributed by atoms with Crippen LogP contribution in [0.3, 0.4) is 0 Å². The molecule has 0 radical (unpaired) electrons. The molecular weight excluding hydrogens is 717 g/mol. The summed E-state index contributed by atoms with van der Waals surface area (Å²) in [6.45, 7) is 24.5. The number of likely N-dealkylation sites (tertiary alicyclic amines) is 1. The van der Waals surface area contributed by atoms with Crippen molar-refractivity contribution in [3.05, 3.63) is 35.5 Å². The van der Waals surface area contributed by atoms with E-state index in [-0.39, 0.29) is 32.4 Å². The number of nitrogens with zero attached hydrogens (tertiary/aromatic N) is 1. The number of rotatable bonds is 12. The number of sulfone groups is 1. The van der Waals surface area contributed by atoms with Gasteiger partial charge in [0, 0.05) is 38.6 Å². The minimum atomic E-state index is -2.95. The van der Waals surface area contributed by atoms with Crippen molar-refractivity contribution in [2.24, 2.45) is 56.7 Å². The summed E-state index contributed by atoms with van der Waals surface area (Å²) < 4.78 is 29.6. The van der Waals surface area contributed by atoms with E-state index in [0.717, 1.165) is 64.7 Å². The third-order valence-electron chi connectivity index (χ3n) is 19.1. The molecule has 4 saturated carbocycles. The smallest absolute Gasteiger partial charge is 0.309 e. The highest BCUT2D eigenvalue weighted by atomic mass is 32.2. The van der Waals surface area contributed by atoms with Crippen LogP contribution in [0.15, 0.2) is 35.5 Å². The number of piperidine rings is 1. The number of aliphatic carboxylic acids is 1. The predicted molar refractivity (Wildman–Crippen MR) is 228 cm³/mol. The second kappa shape index (κ2) is 15.2. The van der Waals surface area contributed by atoms with E-state index in [1.54, 1.807) is 7.11 Å². The Balaban J connectivity index is 1.09. The van der Waals surface area contributed by atoms with Gasteiger partial charge in [-0.25, -0.2) is 8.42 Å². The SMILES string of the molecule is C=C(C)[C@@H]1CC[C@]2(NCCN3CCC(S(C)(=O)=O)CC3)CC[C@]3(C)[C@H](CC[C@@H]4[C@@]5(C)CC=C(C6=CCC(CCCOC)(C(=O)O)CC6)C(C)(C)[C@@H]5CC[C@]43C)[C@@H]12. The lowest BCUT2D eigenvalue weighted by atomic mass is 9.33. The van der Waals surface area contributed by atoms with Crippen LogP contribution in [0.2, 0.25) is 0 Å². The van der Waals surface area contributed by atoms with Crippen LogP contribution in [0.25, 0.3) is 0 Å². The number of carboxylic acid groups (broad SMARTS) is 1. The Morgan fingerprint density at radius 2 is 1.66 bits per heavy atom. The summed E-state index contributed by atoms with van der Waals surface area (Å²) in [5, 5.41) is 14.4. The summed E-state index contributed by atoms with van der Waals surface area (Å²) in [7, 11) is -1.25. The molecule has 0 aromatic heterocycles. The van der Waals surface area contributed by atoms with Gasteiger partial charge in [-0.15, -0.1) is 0 Å². The average molecular weight is 795 g/mol. The van der Waals surface area contributed by atoms with Gasteiger partial charge < -0.3 is 20.1 Å². The predicted octanol–water partition coefficient (Wildman–Crippen LogP) is 9.64. The van der Waals surface area contributed by atoms with E-state index >= 15 is 0 Å². The Kier molecular flexibility index (Phi) is 11.6. The lowest BCUT2D eigenvalue weighted by Crippen LogP contribution is -2.68. The zero-order valence-electron chi connectivity index (χ0n) is 36.6. The van der Waals surface area contributed by atoms with Crippen LogP contribution in [0.4, 0.5) is 0 Å². The van der Waals surface area contributed by atoms with Gasteiger partial charge in [0.25, 0.3) is 0 Å². The Morgan fingerprint density at radius 3 is 2.29 bits per heavy atom. The molecule has 0 spiro atoms. The van der Waals surface area contributed by atoms with Crippen LogP contribution < -0.4 is 5.32 Å². The largest absolute Gasteiger partial charge is 0.481 e. The second-order valence-electron chi connectivity index (χ2n) is 21.8. The molecule has 0 aromatic carbocycles. The van der Waals surface area contributed by atoms with E-state index in [1.807, 2.05) is 0 Å². The van der Waals surface area contributed by atoms with Gasteiger partial charge in [-0.1, -0.05) is 58.9 Å². The molecule has 0 bridgehead atoms. The molecule has 7 nitrogen and oxygen atoms in total. The van der Waals surface area contributed by atoms with Crippen molar-refractivity contribution in [2.45, 2.75) is 155 Å². The van der Waals surface area contributed by atoms with Gasteiger partial charge in [0.2, 0.25) is 0 Å². The topological polar surface area (TPSA) is 95.9 Å². The fourth-order valence-electron chi connectivity index (χ4n) is 15.9. The third kappa shape index (κ3) is 6.86. The maximum Gasteiger partial charge on any atom is 0.309 e. The molecule has 0 aromatic rings. The summed E-state index contributed by atoms with van der Waals surface area (Å²) >= 11 is 0. The molecular formula is C48H78N2O5S. The highest BCUT2D eigenvalue weighted by molar-refractivity contribution is 7.91. The van der Waals surface area contributed by atoms with Gasteiger partial charge in [0.1, 0.15) is 9.84 Å². The van der Waals surface area contributed by atoms with Crippen LogP contribution in [0, 0.1) is 56.7 Å². The van der Waals surface area contributed by atoms with E-state index in [1.165, 1.54) is 74.3 Å². The molecule has 7 rings (SSSR count). The number of methoxy groups -OCH3 is 1. The zero-order valence-corrected chi connectivity index (χ0v) is 37.4. The van der Waals surface area contributed by atoms with E-state index < -0.39 is 21.2 Å². The van der Waals surface area contributed by atoms with Gasteiger partial charge in [-0.05, 0) is 185 Å². The molecule has 1 saturated heterocycles. The first-order chi connectivity index (χ1) is 26.3. The van der Waals surface area contributed by atoms with Crippen LogP contribution in [-0.4, -0.2) is 81.3 Å². The number of fused-ring (bicyclic) bond motifs is 7. The normalized spacial score (nSPS) is 42.8. The van der Waals surface area contributed by atoms with Gasteiger partial charge >= 0.3 is 5.97 Å². The summed E-state index contributed by atoms with van der Waals surface area (Å²) in [5.74, 6) is 2.55. The van der Waals surface area contributed by atoms with E-state index in [4.69, 9.17) is 4.74 Å². The highest BCUT2D eigenvalue weighted by Crippen LogP contribution is 2.76. The molecule has 6 aliphatic carbocycles. The maximum absolute atomic E-state index is 12.6. The standard InChI is InChI=1S/C48H78N2O5S/c1-33(2)36-15-25-48(49-28-31-50-29-18-35(19-30-50)56(9,53)54)27-26-45(6)38(41(36)48)11-12-40-44(5)21-16-37(43(3,4)39(44)17-22-46(40,45)7)34-13-23-47(24-14-34,42(51)52)20-10-32-55-8/h13,16,35-36,38-41,49H,1,10-12,14-15,17-32H2,2-9H3,(H,51,52)/t36-,38+,39-,40+,41+,44-,45+,46+,47?,48-/m0/s1. The van der Waals surface area contributed by atoms with Crippen molar-refractivity contribution < 1.29 is 23.1 Å². The van der Waals surface area contributed by atoms with Crippen molar-refractivity contribution >= 4 is 15.8 Å². The molecule has 1 unspecified atom stereocenters. The van der Waals surface area contributed by atoms with Crippen LogP contribution >= 0.6 is 0 Å². The number of allylic oxidation sites excluding steroid dienone is 5. The highest BCUT2D eigenvalue weighted by Gasteiger charge is 2.70. The molecule has 5 fully saturated rings. The van der Waals surface area contributed by atoms with Crippen LogP contribution in [0.1, 0.15) is 144 Å². The van der Waals surface area contributed by atoms with Gasteiger partial charge in [0.15, 0.2) is 0 Å². The number of carboxylic acids is 1. The molecule has 1 heterocycles. The summed E-state index contributed by atoms with van der Waals surface area (Å²) in [6.07, 6.45) is 23.0. The van der Waals surface area contributed by atoms with Crippen molar-refractivity contribution in [1.82, 2.24) is 10.2 Å². The Morgan fingerprint density at radius 1 is 0.929 bits per heavy atom. The lowest BCUT2D eigenvalue weighted by molar-refractivity contribution is -0.221. The molecule has 10 atom stereocenters. The summed E-state index contributed by atoms with van der Waals surface area (Å²) in [4.78, 5) is 15.1. The molecule has 56 heavy (non-hydrogen) atoms. The minimum absolute atomic E-state index is 0.0550. The van der Waals surface area contributed by atoms with Crippen molar-refractivity contribution in [3.63, 3.8) is 0 Å². The van der Waals surface area contributed by atoms with E-state index in [0.29, 0.717) is 49.0 Å². The number of hydrogen-bond donors (Lipinski definition) is 2. The first kappa shape index (κ1) is 42.6. The fourth-order valence-corrected chi connectivity index (χ4v) is 16.9. The number of carbonyl (C=O) groups is 1. The van der Waals surface area contributed by atoms with Crippen molar-refractivity contribution in [3.8, 4) is 0 Å². The third-order valence-corrected chi connectivity index (χ3v) is 20.8. The minimum Gasteiger partial charge on any atom is -0.481 e. The van der Waals surface area contributed by atoms with E-state index in [2.05, 4.69) is 70.5 Å². The fraction of sp³-hybridized carbons (Fsp3) is 0.854. The van der Waals surface area contributed by atoms with Crippen LogP contribution in [-0.2, 0) is 19.4 Å². The molecule has 2 N–H and O–H groups in total. The molecule has 0 amide bonds. The molecule has 1 aliphatic heterocycles. The van der Waals surface area contributed by atoms with Crippen molar-refractivity contribution in [2.75, 3.05) is 46.2 Å². The first-order valence-corrected chi connectivity index (χ1v) is 24.7. The summed E-state index contributed by atoms with van der Waals surface area (Å²) in [5.41, 5.74) is 4.70. The molecule has 316 valence electrons. The molecule has 7 aliphatic rings. The van der Waals surface area contributed by atoms with Gasteiger partial charge in [-0.3, -0.25) is 4.79 Å². The lowest BCUT2D eigenvalue weighted by Gasteiger charge is -2.72. The van der Waals surface area contributed by atoms with Crippen LogP contribution in [0.5, 0.6) is 0 Å². The average Bonchev–Trinajstić information content (AvgIpc) is 3.52. The van der Waals surface area contributed by atoms with Gasteiger partial charge in [-0.2, -0.15) is 0 Å². The Bertz CT molecular complexity index is 1690. The molecule has 8 heteroatoms. The number of nitrogens with one attached hydrogen (secondary N) is 1. The number of ether oxygens (including phenoxy) is 1. The first-order valence-electron chi connectivity index (χ1n) is 22.7. The van der Waals surface area contributed by atoms with Gasteiger partial charge in [0.05, 0.1) is 10.7 Å². The van der Waals surface area contributed by atoms with E-state index in [9.17, 15) is 18.3 Å². The quantitative estimate of drug-likeness (QED) is 0.150. The maximum atomic E-state index is 12.6. The zero-order chi connectivity index (χ0) is 40.5. The van der Waals surface area contributed by atoms with Crippen molar-refractivity contribution in [1.29, 1.82) is 0 Å². The number of hydrogen-bond acceptors (Lipinski definition) is 6. The Labute approximate surface area is 341 Å². The summed E-state index contributed by atoms with van der Waals surface area (Å²) in [6, 6.07) is 0. The second-order valence-corrected chi connectivity index (χ2v) is 24.1. The Hall–Kier alpha value is -1.48. The monoisotopic (exact) mass is 795 g/mol.